The summed E-state index contributed by atoms with van der Waals surface area (Å²) in [6.45, 7) is 4.66. The van der Waals surface area contributed by atoms with Crippen LogP contribution in [0.5, 0.6) is 0 Å². The van der Waals surface area contributed by atoms with E-state index in [1.165, 1.54) is 27.6 Å². The van der Waals surface area contributed by atoms with Crippen LogP contribution in [0.1, 0.15) is 16.7 Å². The van der Waals surface area contributed by atoms with E-state index >= 15 is 0 Å². The van der Waals surface area contributed by atoms with Gasteiger partial charge in [-0.1, -0.05) is 18.2 Å². The number of aromatic nitrogens is 4. The van der Waals surface area contributed by atoms with Crippen molar-refractivity contribution in [2.24, 2.45) is 0 Å². The lowest BCUT2D eigenvalue weighted by Crippen LogP contribution is -2.25. The van der Waals surface area contributed by atoms with E-state index in [1.54, 1.807) is 0 Å². The normalized spacial score (nSPS) is 10.6. The number of aryl methyl sites for hydroxylation is 3. The quantitative estimate of drug-likeness (QED) is 0.772. The SMILES string of the molecule is Cc1ccc(CCn2c(N)nc3nc[nH]c3c2=O)cc1C.Cl. The zero-order valence-electron chi connectivity index (χ0n) is 12.5. The summed E-state index contributed by atoms with van der Waals surface area (Å²) in [5.41, 5.74) is 10.1. The lowest BCUT2D eigenvalue weighted by Gasteiger charge is -2.09. The second kappa shape index (κ2) is 6.19. The molecular formula is C15H18ClN5O. The zero-order valence-corrected chi connectivity index (χ0v) is 13.3. The predicted octanol–water partition coefficient (Wildman–Crippen LogP) is 1.98. The molecule has 2 heterocycles. The van der Waals surface area contributed by atoms with Gasteiger partial charge in [-0.25, -0.2) is 4.98 Å². The summed E-state index contributed by atoms with van der Waals surface area (Å²) in [6, 6.07) is 6.30. The van der Waals surface area contributed by atoms with Crippen LogP contribution in [-0.2, 0) is 13.0 Å². The largest absolute Gasteiger partial charge is 0.369 e. The topological polar surface area (TPSA) is 89.6 Å². The maximum Gasteiger partial charge on any atom is 0.280 e. The highest BCUT2D eigenvalue weighted by Gasteiger charge is 2.10. The van der Waals surface area contributed by atoms with Crippen LogP contribution >= 0.6 is 12.4 Å². The van der Waals surface area contributed by atoms with Crippen LogP contribution in [0, 0.1) is 13.8 Å². The van der Waals surface area contributed by atoms with E-state index in [4.69, 9.17) is 5.73 Å². The average molecular weight is 320 g/mol. The van der Waals surface area contributed by atoms with Gasteiger partial charge in [0, 0.05) is 6.54 Å². The molecule has 0 bridgehead atoms. The molecule has 6 nitrogen and oxygen atoms in total. The molecule has 3 aromatic rings. The molecule has 0 aliphatic carbocycles. The molecule has 0 amide bonds. The minimum Gasteiger partial charge on any atom is -0.369 e. The summed E-state index contributed by atoms with van der Waals surface area (Å²) in [5, 5.41) is 0. The second-order valence-electron chi connectivity index (χ2n) is 5.20. The van der Waals surface area contributed by atoms with E-state index in [1.807, 2.05) is 0 Å². The Morgan fingerprint density at radius 3 is 2.77 bits per heavy atom. The lowest BCUT2D eigenvalue weighted by atomic mass is 10.0. The maximum absolute atomic E-state index is 12.3. The molecule has 0 spiro atoms. The van der Waals surface area contributed by atoms with E-state index in [0.717, 1.165) is 6.42 Å². The van der Waals surface area contributed by atoms with Gasteiger partial charge in [0.15, 0.2) is 11.2 Å². The van der Waals surface area contributed by atoms with Crippen LogP contribution in [-0.4, -0.2) is 19.5 Å². The Labute approximate surface area is 133 Å². The molecule has 22 heavy (non-hydrogen) atoms. The number of H-pyrrole nitrogens is 1. The summed E-state index contributed by atoms with van der Waals surface area (Å²) in [5.74, 6) is 0.198. The van der Waals surface area contributed by atoms with Crippen molar-refractivity contribution in [1.29, 1.82) is 0 Å². The van der Waals surface area contributed by atoms with Crippen LogP contribution in [0.15, 0.2) is 29.3 Å². The average Bonchev–Trinajstić information content (AvgIpc) is 2.90. The highest BCUT2D eigenvalue weighted by molar-refractivity contribution is 5.85. The molecule has 1 aromatic carbocycles. The van der Waals surface area contributed by atoms with Crippen molar-refractivity contribution in [2.45, 2.75) is 26.8 Å². The highest BCUT2D eigenvalue weighted by atomic mass is 35.5. The molecule has 0 atom stereocenters. The van der Waals surface area contributed by atoms with Gasteiger partial charge >= 0.3 is 0 Å². The number of rotatable bonds is 3. The Kier molecular flexibility index (Phi) is 4.51. The summed E-state index contributed by atoms with van der Waals surface area (Å²) in [6.07, 6.45) is 2.18. The van der Waals surface area contributed by atoms with Gasteiger partial charge in [-0.15, -0.1) is 12.4 Å². The number of halogens is 1. The van der Waals surface area contributed by atoms with Crippen molar-refractivity contribution in [3.63, 3.8) is 0 Å². The molecule has 116 valence electrons. The number of aromatic amines is 1. The Bertz CT molecular complexity index is 868. The van der Waals surface area contributed by atoms with E-state index in [9.17, 15) is 4.79 Å². The maximum atomic E-state index is 12.3. The van der Waals surface area contributed by atoms with E-state index in [0.29, 0.717) is 17.7 Å². The van der Waals surface area contributed by atoms with Crippen LogP contribution in [0.25, 0.3) is 11.2 Å². The van der Waals surface area contributed by atoms with Gasteiger partial charge in [0.1, 0.15) is 0 Å². The number of hydrogen-bond acceptors (Lipinski definition) is 4. The molecule has 0 saturated carbocycles. The molecule has 0 aliphatic heterocycles. The highest BCUT2D eigenvalue weighted by Crippen LogP contribution is 2.12. The van der Waals surface area contributed by atoms with Gasteiger partial charge in [-0.2, -0.15) is 4.98 Å². The lowest BCUT2D eigenvalue weighted by molar-refractivity contribution is 0.673. The van der Waals surface area contributed by atoms with Crippen molar-refractivity contribution in [3.8, 4) is 0 Å². The van der Waals surface area contributed by atoms with E-state index in [2.05, 4.69) is 47.0 Å². The van der Waals surface area contributed by atoms with Crippen molar-refractivity contribution >= 4 is 29.5 Å². The number of nitrogens with zero attached hydrogens (tertiary/aromatic N) is 3. The number of anilines is 1. The third-order valence-corrected chi connectivity index (χ3v) is 3.77. The summed E-state index contributed by atoms with van der Waals surface area (Å²) >= 11 is 0. The number of nitrogens with one attached hydrogen (secondary N) is 1. The molecule has 3 rings (SSSR count). The molecular weight excluding hydrogens is 302 g/mol. The molecule has 0 aliphatic rings. The fourth-order valence-corrected chi connectivity index (χ4v) is 2.35. The summed E-state index contributed by atoms with van der Waals surface area (Å²) in [4.78, 5) is 23.2. The number of nitrogens with two attached hydrogens (primary N) is 1. The van der Waals surface area contributed by atoms with Gasteiger partial charge in [0.25, 0.3) is 5.56 Å². The molecule has 7 heteroatoms. The zero-order chi connectivity index (χ0) is 15.0. The fraction of sp³-hybridized carbons (Fsp3) is 0.267. The van der Waals surface area contributed by atoms with Crippen molar-refractivity contribution in [1.82, 2.24) is 19.5 Å². The van der Waals surface area contributed by atoms with Gasteiger partial charge < -0.3 is 10.7 Å². The number of hydrogen-bond donors (Lipinski definition) is 2. The van der Waals surface area contributed by atoms with Crippen molar-refractivity contribution in [3.05, 3.63) is 51.6 Å². The van der Waals surface area contributed by atoms with E-state index < -0.39 is 0 Å². The van der Waals surface area contributed by atoms with Crippen LogP contribution in [0.3, 0.4) is 0 Å². The van der Waals surface area contributed by atoms with Crippen LogP contribution in [0.2, 0.25) is 0 Å². The number of fused-ring (bicyclic) bond motifs is 1. The van der Waals surface area contributed by atoms with Gasteiger partial charge in [-0.05, 0) is 37.0 Å². The number of nitrogen functional groups attached to an aromatic ring is 1. The Morgan fingerprint density at radius 1 is 1.27 bits per heavy atom. The third kappa shape index (κ3) is 2.82. The van der Waals surface area contributed by atoms with Crippen molar-refractivity contribution in [2.75, 3.05) is 5.73 Å². The molecule has 2 aromatic heterocycles. The molecule has 3 N–H and O–H groups in total. The molecule has 0 fully saturated rings. The monoisotopic (exact) mass is 319 g/mol. The van der Waals surface area contributed by atoms with Crippen LogP contribution in [0.4, 0.5) is 5.95 Å². The molecule has 0 unspecified atom stereocenters. The van der Waals surface area contributed by atoms with Gasteiger partial charge in [0.05, 0.1) is 6.33 Å². The number of imidazole rings is 1. The Hall–Kier alpha value is -2.34. The standard InChI is InChI=1S/C15H17N5O.ClH/c1-9-3-4-11(7-10(9)2)5-6-20-14(21)12-13(18-8-17-12)19-15(20)16;/h3-4,7-8H,5-6H2,1-2H3,(H2,16,19)(H,17,18);1H. The Morgan fingerprint density at radius 2 is 2.05 bits per heavy atom. The first-order chi connectivity index (χ1) is 10.1. The molecule has 0 radical (unpaired) electrons. The first-order valence-electron chi connectivity index (χ1n) is 6.82. The third-order valence-electron chi connectivity index (χ3n) is 3.77. The van der Waals surface area contributed by atoms with E-state index in [-0.39, 0.29) is 23.9 Å². The van der Waals surface area contributed by atoms with Gasteiger partial charge in [-0.3, -0.25) is 9.36 Å². The van der Waals surface area contributed by atoms with Crippen molar-refractivity contribution < 1.29 is 0 Å². The first-order valence-corrected chi connectivity index (χ1v) is 6.82. The summed E-state index contributed by atoms with van der Waals surface area (Å²) < 4.78 is 1.48. The minimum absolute atomic E-state index is 0. The number of benzene rings is 1. The Balaban J connectivity index is 0.00000176. The van der Waals surface area contributed by atoms with Gasteiger partial charge in [0.2, 0.25) is 5.95 Å². The molecule has 0 saturated heterocycles. The second-order valence-corrected chi connectivity index (χ2v) is 5.20. The van der Waals surface area contributed by atoms with Crippen LogP contribution < -0.4 is 11.3 Å². The minimum atomic E-state index is -0.182. The summed E-state index contributed by atoms with van der Waals surface area (Å²) in [7, 11) is 0. The fourth-order valence-electron chi connectivity index (χ4n) is 2.35. The first kappa shape index (κ1) is 16.0. The smallest absolute Gasteiger partial charge is 0.280 e. The predicted molar refractivity (Wildman–Crippen MR) is 89.4 cm³/mol.